The third-order valence-electron chi connectivity index (χ3n) is 0.582. The van der Waals surface area contributed by atoms with Crippen molar-refractivity contribution in [2.75, 3.05) is 0 Å². The summed E-state index contributed by atoms with van der Waals surface area (Å²) in [5, 5.41) is -0.919. The third kappa shape index (κ3) is 6.11. The molecule has 0 saturated heterocycles. The van der Waals surface area contributed by atoms with Gasteiger partial charge in [0.25, 0.3) is 0 Å². The first-order valence-electron chi connectivity index (χ1n) is 2.34. The molecular formula is C4H6BrF3O. The van der Waals surface area contributed by atoms with Gasteiger partial charge in [0.05, 0.1) is 0 Å². The molecule has 0 spiro atoms. The van der Waals surface area contributed by atoms with Crippen molar-refractivity contribution >= 4 is 15.9 Å². The second-order valence-corrected chi connectivity index (χ2v) is 2.40. The SMILES string of the molecule is CC[C@H](Br)OC(F)(F)F. The summed E-state index contributed by atoms with van der Waals surface area (Å²) in [6.07, 6.45) is -4.23. The van der Waals surface area contributed by atoms with Crippen LogP contribution in [0, 0.1) is 0 Å². The Morgan fingerprint density at radius 3 is 2.11 bits per heavy atom. The van der Waals surface area contributed by atoms with Gasteiger partial charge in [-0.1, -0.05) is 22.9 Å². The minimum absolute atomic E-state index is 0.291. The maximum atomic E-state index is 11.2. The lowest BCUT2D eigenvalue weighted by molar-refractivity contribution is -0.329. The lowest BCUT2D eigenvalue weighted by Crippen LogP contribution is -2.18. The quantitative estimate of drug-likeness (QED) is 0.632. The van der Waals surface area contributed by atoms with Gasteiger partial charge in [-0.2, -0.15) is 0 Å². The van der Waals surface area contributed by atoms with E-state index >= 15 is 0 Å². The van der Waals surface area contributed by atoms with Gasteiger partial charge in [0.15, 0.2) is 0 Å². The average Bonchev–Trinajstić information content (AvgIpc) is 1.62. The molecule has 0 fully saturated rings. The van der Waals surface area contributed by atoms with Crippen molar-refractivity contribution in [1.29, 1.82) is 0 Å². The molecule has 0 saturated carbocycles. The first kappa shape index (κ1) is 9.23. The zero-order chi connectivity index (χ0) is 7.49. The van der Waals surface area contributed by atoms with Crippen LogP contribution < -0.4 is 0 Å². The van der Waals surface area contributed by atoms with Gasteiger partial charge in [-0.05, 0) is 6.42 Å². The van der Waals surface area contributed by atoms with Gasteiger partial charge < -0.3 is 0 Å². The highest BCUT2D eigenvalue weighted by Crippen LogP contribution is 2.22. The fourth-order valence-corrected chi connectivity index (χ4v) is 0.440. The van der Waals surface area contributed by atoms with E-state index in [1.165, 1.54) is 0 Å². The van der Waals surface area contributed by atoms with Crippen LogP contribution in [0.4, 0.5) is 13.2 Å². The Bertz CT molecular complexity index is 82.4. The molecule has 0 N–H and O–H groups in total. The fourth-order valence-electron chi connectivity index (χ4n) is 0.228. The van der Waals surface area contributed by atoms with E-state index in [2.05, 4.69) is 20.7 Å². The average molecular weight is 207 g/mol. The van der Waals surface area contributed by atoms with Gasteiger partial charge in [0.1, 0.15) is 5.01 Å². The van der Waals surface area contributed by atoms with E-state index in [1.807, 2.05) is 0 Å². The molecule has 1 atom stereocenters. The normalized spacial score (nSPS) is 15.7. The Labute approximate surface area is 59.3 Å². The molecule has 0 heterocycles. The van der Waals surface area contributed by atoms with E-state index < -0.39 is 11.4 Å². The summed E-state index contributed by atoms with van der Waals surface area (Å²) in [5.74, 6) is 0. The monoisotopic (exact) mass is 206 g/mol. The van der Waals surface area contributed by atoms with Crippen molar-refractivity contribution in [2.24, 2.45) is 0 Å². The Morgan fingerprint density at radius 2 is 2.00 bits per heavy atom. The summed E-state index contributed by atoms with van der Waals surface area (Å²) in [6, 6.07) is 0. The first-order chi connectivity index (χ1) is 3.95. The number of alkyl halides is 4. The number of hydrogen-bond acceptors (Lipinski definition) is 1. The van der Waals surface area contributed by atoms with Gasteiger partial charge >= 0.3 is 6.36 Å². The van der Waals surface area contributed by atoms with Crippen LogP contribution in [0.2, 0.25) is 0 Å². The van der Waals surface area contributed by atoms with E-state index in [9.17, 15) is 13.2 Å². The molecule has 56 valence electrons. The van der Waals surface area contributed by atoms with E-state index in [4.69, 9.17) is 0 Å². The Balaban J connectivity index is 3.47. The van der Waals surface area contributed by atoms with Crippen molar-refractivity contribution in [2.45, 2.75) is 24.7 Å². The van der Waals surface area contributed by atoms with Gasteiger partial charge in [0, 0.05) is 0 Å². The van der Waals surface area contributed by atoms with Crippen LogP contribution in [-0.4, -0.2) is 11.4 Å². The number of hydrogen-bond donors (Lipinski definition) is 0. The Morgan fingerprint density at radius 1 is 1.56 bits per heavy atom. The molecule has 0 bridgehead atoms. The smallest absolute Gasteiger partial charge is 0.277 e. The molecule has 0 aromatic heterocycles. The summed E-state index contributed by atoms with van der Waals surface area (Å²) in [5.41, 5.74) is 0. The van der Waals surface area contributed by atoms with Crippen molar-refractivity contribution in [1.82, 2.24) is 0 Å². The fraction of sp³-hybridized carbons (Fsp3) is 1.00. The summed E-state index contributed by atoms with van der Waals surface area (Å²) in [7, 11) is 0. The molecule has 5 heteroatoms. The Kier molecular flexibility index (Phi) is 3.50. The molecule has 0 unspecified atom stereocenters. The standard InChI is InChI=1S/C4H6BrF3O/c1-2-3(5)9-4(6,7)8/h3H,2H2,1H3/t3-/m1/s1. The predicted molar refractivity (Wildman–Crippen MR) is 30.1 cm³/mol. The molecule has 1 nitrogen and oxygen atoms in total. The van der Waals surface area contributed by atoms with Crippen LogP contribution >= 0.6 is 15.9 Å². The molecular weight excluding hydrogens is 201 g/mol. The second kappa shape index (κ2) is 3.41. The zero-order valence-electron chi connectivity index (χ0n) is 4.70. The zero-order valence-corrected chi connectivity index (χ0v) is 6.29. The van der Waals surface area contributed by atoms with Crippen molar-refractivity contribution in [3.63, 3.8) is 0 Å². The maximum Gasteiger partial charge on any atom is 0.523 e. The lowest BCUT2D eigenvalue weighted by Gasteiger charge is -2.10. The highest BCUT2D eigenvalue weighted by molar-refractivity contribution is 9.09. The summed E-state index contributed by atoms with van der Waals surface area (Å²) >= 11 is 2.67. The van der Waals surface area contributed by atoms with Crippen molar-refractivity contribution in [3.05, 3.63) is 0 Å². The van der Waals surface area contributed by atoms with Gasteiger partial charge in [-0.25, -0.2) is 0 Å². The van der Waals surface area contributed by atoms with Crippen LogP contribution in [0.25, 0.3) is 0 Å². The van der Waals surface area contributed by atoms with Gasteiger partial charge in [0.2, 0.25) is 0 Å². The highest BCUT2D eigenvalue weighted by Gasteiger charge is 2.31. The highest BCUT2D eigenvalue weighted by atomic mass is 79.9. The van der Waals surface area contributed by atoms with Gasteiger partial charge in [-0.3, -0.25) is 4.74 Å². The van der Waals surface area contributed by atoms with Crippen LogP contribution in [0.3, 0.4) is 0 Å². The van der Waals surface area contributed by atoms with Gasteiger partial charge in [-0.15, -0.1) is 13.2 Å². The van der Waals surface area contributed by atoms with E-state index in [-0.39, 0.29) is 0 Å². The second-order valence-electron chi connectivity index (χ2n) is 1.38. The van der Waals surface area contributed by atoms with Crippen molar-refractivity contribution in [3.8, 4) is 0 Å². The van der Waals surface area contributed by atoms with E-state index in [1.54, 1.807) is 6.92 Å². The summed E-state index contributed by atoms with van der Waals surface area (Å²) in [6.45, 7) is 1.59. The third-order valence-corrected chi connectivity index (χ3v) is 1.42. The summed E-state index contributed by atoms with van der Waals surface area (Å²) in [4.78, 5) is 0. The molecule has 0 amide bonds. The van der Waals surface area contributed by atoms with Crippen LogP contribution in [-0.2, 0) is 4.74 Å². The van der Waals surface area contributed by atoms with Crippen molar-refractivity contribution < 1.29 is 17.9 Å². The molecule has 0 aliphatic carbocycles. The van der Waals surface area contributed by atoms with Crippen LogP contribution in [0.1, 0.15) is 13.3 Å². The predicted octanol–water partition coefficient (Wildman–Crippen LogP) is 2.65. The number of ether oxygens (including phenoxy) is 1. The molecule has 0 aliphatic heterocycles. The molecule has 0 aromatic rings. The molecule has 0 radical (unpaired) electrons. The number of halogens is 4. The minimum atomic E-state index is -4.52. The molecule has 0 aliphatic rings. The van der Waals surface area contributed by atoms with E-state index in [0.717, 1.165) is 0 Å². The minimum Gasteiger partial charge on any atom is -0.277 e. The Hall–Kier alpha value is 0.230. The topological polar surface area (TPSA) is 9.23 Å². The molecule has 9 heavy (non-hydrogen) atoms. The molecule has 0 aromatic carbocycles. The summed E-state index contributed by atoms with van der Waals surface area (Å²) < 4.78 is 37.2. The largest absolute Gasteiger partial charge is 0.523 e. The van der Waals surface area contributed by atoms with Crippen LogP contribution in [0.15, 0.2) is 0 Å². The number of rotatable bonds is 2. The van der Waals surface area contributed by atoms with Crippen LogP contribution in [0.5, 0.6) is 0 Å². The first-order valence-corrected chi connectivity index (χ1v) is 3.26. The maximum absolute atomic E-state index is 11.2. The van der Waals surface area contributed by atoms with E-state index in [0.29, 0.717) is 6.42 Å². The molecule has 0 rings (SSSR count). The lowest BCUT2D eigenvalue weighted by atomic mass is 10.5.